The van der Waals surface area contributed by atoms with Gasteiger partial charge in [-0.1, -0.05) is 26.2 Å². The third-order valence-electron chi connectivity index (χ3n) is 4.91. The molecule has 0 amide bonds. The fourth-order valence-electron chi connectivity index (χ4n) is 3.63. The van der Waals surface area contributed by atoms with Gasteiger partial charge in [0, 0.05) is 39.1 Å². The van der Waals surface area contributed by atoms with Crippen LogP contribution in [-0.4, -0.2) is 31.7 Å². The molecule has 1 heterocycles. The van der Waals surface area contributed by atoms with Gasteiger partial charge in [0.1, 0.15) is 5.60 Å². The number of carbonyl (C=O) groups excluding carboxylic acids is 1. The minimum absolute atomic E-state index is 0.224. The minimum Gasteiger partial charge on any atom is -0.381 e. The predicted molar refractivity (Wildman–Crippen MR) is 70.5 cm³/mol. The summed E-state index contributed by atoms with van der Waals surface area (Å²) in [6, 6.07) is 0. The topological polar surface area (TPSA) is 35.5 Å². The van der Waals surface area contributed by atoms with E-state index in [-0.39, 0.29) is 5.92 Å². The number of methoxy groups -OCH3 is 1. The van der Waals surface area contributed by atoms with Gasteiger partial charge in [0.25, 0.3) is 0 Å². The molecule has 1 aliphatic carbocycles. The second-order valence-corrected chi connectivity index (χ2v) is 5.73. The SMILES string of the molecule is CCC1CCCCC1C(=O)C1(OC)CCOCC1. The van der Waals surface area contributed by atoms with Crippen LogP contribution in [0.25, 0.3) is 0 Å². The summed E-state index contributed by atoms with van der Waals surface area (Å²) in [7, 11) is 1.69. The van der Waals surface area contributed by atoms with Crippen LogP contribution in [0.15, 0.2) is 0 Å². The molecule has 2 aliphatic rings. The zero-order chi connectivity index (χ0) is 13.0. The summed E-state index contributed by atoms with van der Waals surface area (Å²) in [5, 5.41) is 0. The first-order chi connectivity index (χ1) is 8.73. The van der Waals surface area contributed by atoms with Crippen LogP contribution in [-0.2, 0) is 14.3 Å². The van der Waals surface area contributed by atoms with E-state index in [1.165, 1.54) is 19.3 Å². The van der Waals surface area contributed by atoms with Gasteiger partial charge in [-0.15, -0.1) is 0 Å². The summed E-state index contributed by atoms with van der Waals surface area (Å²) in [6.07, 6.45) is 7.33. The third kappa shape index (κ3) is 2.62. The van der Waals surface area contributed by atoms with Crippen molar-refractivity contribution in [2.24, 2.45) is 11.8 Å². The molecule has 104 valence electrons. The summed E-state index contributed by atoms with van der Waals surface area (Å²) >= 11 is 0. The van der Waals surface area contributed by atoms with Crippen molar-refractivity contribution in [1.82, 2.24) is 0 Å². The van der Waals surface area contributed by atoms with Crippen molar-refractivity contribution in [2.75, 3.05) is 20.3 Å². The maximum atomic E-state index is 12.9. The van der Waals surface area contributed by atoms with Crippen LogP contribution < -0.4 is 0 Å². The standard InChI is InChI=1S/C15H26O3/c1-3-12-6-4-5-7-13(12)14(16)15(17-2)8-10-18-11-9-15/h12-13H,3-11H2,1-2H3. The normalized spacial score (nSPS) is 32.1. The number of ketones is 1. The van der Waals surface area contributed by atoms with E-state index in [0.29, 0.717) is 24.9 Å². The minimum atomic E-state index is -0.548. The molecule has 2 unspecified atom stereocenters. The van der Waals surface area contributed by atoms with Gasteiger partial charge in [0.2, 0.25) is 0 Å². The molecule has 0 radical (unpaired) electrons. The molecule has 3 heteroatoms. The number of Topliss-reactive ketones (excluding diaryl/α,β-unsaturated/α-hetero) is 1. The molecule has 0 spiro atoms. The molecule has 1 saturated heterocycles. The van der Waals surface area contributed by atoms with Crippen molar-refractivity contribution in [3.8, 4) is 0 Å². The molecule has 2 atom stereocenters. The number of hydrogen-bond acceptors (Lipinski definition) is 3. The molecular weight excluding hydrogens is 228 g/mol. The highest BCUT2D eigenvalue weighted by atomic mass is 16.5. The number of ether oxygens (including phenoxy) is 2. The van der Waals surface area contributed by atoms with Crippen molar-refractivity contribution in [3.63, 3.8) is 0 Å². The second kappa shape index (κ2) is 6.16. The van der Waals surface area contributed by atoms with E-state index in [4.69, 9.17) is 9.47 Å². The van der Waals surface area contributed by atoms with Crippen LogP contribution in [0.3, 0.4) is 0 Å². The molecular formula is C15H26O3. The molecule has 3 nitrogen and oxygen atoms in total. The molecule has 1 saturated carbocycles. The lowest BCUT2D eigenvalue weighted by atomic mass is 9.70. The summed E-state index contributed by atoms with van der Waals surface area (Å²) < 4.78 is 11.0. The first-order valence-electron chi connectivity index (χ1n) is 7.40. The zero-order valence-corrected chi connectivity index (χ0v) is 11.7. The Kier molecular flexibility index (Phi) is 4.79. The highest BCUT2D eigenvalue weighted by Gasteiger charge is 2.45. The van der Waals surface area contributed by atoms with Crippen molar-refractivity contribution in [2.45, 2.75) is 57.5 Å². The van der Waals surface area contributed by atoms with Gasteiger partial charge in [-0.2, -0.15) is 0 Å². The lowest BCUT2D eigenvalue weighted by Crippen LogP contribution is -2.50. The Hall–Kier alpha value is -0.410. The van der Waals surface area contributed by atoms with Crippen LogP contribution >= 0.6 is 0 Å². The Balaban J connectivity index is 2.11. The first-order valence-corrected chi connectivity index (χ1v) is 7.40. The number of rotatable bonds is 4. The van der Waals surface area contributed by atoms with Crippen molar-refractivity contribution < 1.29 is 14.3 Å². The molecule has 2 rings (SSSR count). The van der Waals surface area contributed by atoms with E-state index in [0.717, 1.165) is 25.7 Å². The fourth-order valence-corrected chi connectivity index (χ4v) is 3.63. The predicted octanol–water partition coefficient (Wildman–Crippen LogP) is 2.97. The summed E-state index contributed by atoms with van der Waals surface area (Å²) in [4.78, 5) is 12.9. The maximum absolute atomic E-state index is 12.9. The smallest absolute Gasteiger partial charge is 0.168 e. The monoisotopic (exact) mass is 254 g/mol. The Morgan fingerprint density at radius 1 is 1.28 bits per heavy atom. The average Bonchev–Trinajstić information content (AvgIpc) is 2.47. The van der Waals surface area contributed by atoms with Crippen LogP contribution in [0, 0.1) is 11.8 Å². The quantitative estimate of drug-likeness (QED) is 0.773. The Morgan fingerprint density at radius 2 is 1.94 bits per heavy atom. The summed E-state index contributed by atoms with van der Waals surface area (Å²) in [5.74, 6) is 1.16. The van der Waals surface area contributed by atoms with E-state index >= 15 is 0 Å². The molecule has 0 aromatic carbocycles. The van der Waals surface area contributed by atoms with E-state index in [1.807, 2.05) is 0 Å². The van der Waals surface area contributed by atoms with Crippen molar-refractivity contribution in [3.05, 3.63) is 0 Å². The van der Waals surface area contributed by atoms with Gasteiger partial charge in [-0.25, -0.2) is 0 Å². The Morgan fingerprint density at radius 3 is 2.56 bits per heavy atom. The molecule has 1 aliphatic heterocycles. The first kappa shape index (κ1) is 14.0. The van der Waals surface area contributed by atoms with Gasteiger partial charge in [-0.3, -0.25) is 4.79 Å². The Bertz CT molecular complexity index is 281. The highest BCUT2D eigenvalue weighted by Crippen LogP contribution is 2.38. The van der Waals surface area contributed by atoms with Gasteiger partial charge >= 0.3 is 0 Å². The summed E-state index contributed by atoms with van der Waals surface area (Å²) in [6.45, 7) is 3.52. The van der Waals surface area contributed by atoms with Crippen LogP contribution in [0.2, 0.25) is 0 Å². The molecule has 0 N–H and O–H groups in total. The second-order valence-electron chi connectivity index (χ2n) is 5.73. The van der Waals surface area contributed by atoms with Crippen LogP contribution in [0.1, 0.15) is 51.9 Å². The molecule has 0 aromatic heterocycles. The van der Waals surface area contributed by atoms with Crippen molar-refractivity contribution >= 4 is 5.78 Å². The Labute approximate surface area is 110 Å². The van der Waals surface area contributed by atoms with E-state index in [1.54, 1.807) is 7.11 Å². The van der Waals surface area contributed by atoms with E-state index in [9.17, 15) is 4.79 Å². The van der Waals surface area contributed by atoms with Gasteiger partial charge in [0.15, 0.2) is 5.78 Å². The lowest BCUT2D eigenvalue weighted by Gasteiger charge is -2.40. The fraction of sp³-hybridized carbons (Fsp3) is 0.933. The lowest BCUT2D eigenvalue weighted by molar-refractivity contribution is -0.159. The summed E-state index contributed by atoms with van der Waals surface area (Å²) in [5.41, 5.74) is -0.548. The van der Waals surface area contributed by atoms with E-state index in [2.05, 4.69) is 6.92 Å². The van der Waals surface area contributed by atoms with Crippen LogP contribution in [0.5, 0.6) is 0 Å². The number of carbonyl (C=O) groups is 1. The van der Waals surface area contributed by atoms with Gasteiger partial charge < -0.3 is 9.47 Å². The molecule has 18 heavy (non-hydrogen) atoms. The van der Waals surface area contributed by atoms with Gasteiger partial charge in [-0.05, 0) is 18.8 Å². The maximum Gasteiger partial charge on any atom is 0.168 e. The average molecular weight is 254 g/mol. The largest absolute Gasteiger partial charge is 0.381 e. The highest BCUT2D eigenvalue weighted by molar-refractivity contribution is 5.90. The molecule has 0 aromatic rings. The van der Waals surface area contributed by atoms with E-state index < -0.39 is 5.60 Å². The third-order valence-corrected chi connectivity index (χ3v) is 4.91. The van der Waals surface area contributed by atoms with Gasteiger partial charge in [0.05, 0.1) is 0 Å². The van der Waals surface area contributed by atoms with Crippen molar-refractivity contribution in [1.29, 1.82) is 0 Å². The molecule has 0 bridgehead atoms. The number of hydrogen-bond donors (Lipinski definition) is 0. The van der Waals surface area contributed by atoms with Crippen LogP contribution in [0.4, 0.5) is 0 Å². The zero-order valence-electron chi connectivity index (χ0n) is 11.7. The molecule has 2 fully saturated rings.